The maximum Gasteiger partial charge on any atom is 0.295 e. The number of hydrogen-bond donors (Lipinski definition) is 1. The lowest BCUT2D eigenvalue weighted by Crippen LogP contribution is -2.30. The van der Waals surface area contributed by atoms with Crippen LogP contribution in [0, 0.1) is 6.92 Å². The van der Waals surface area contributed by atoms with Gasteiger partial charge in [0, 0.05) is 41.8 Å². The molecule has 0 aliphatic carbocycles. The van der Waals surface area contributed by atoms with Gasteiger partial charge in [-0.15, -0.1) is 0 Å². The van der Waals surface area contributed by atoms with Gasteiger partial charge in [-0.2, -0.15) is 0 Å². The van der Waals surface area contributed by atoms with Crippen LogP contribution in [0.5, 0.6) is 5.75 Å². The fraction of sp³-hybridized carbons (Fsp3) is 0.357. The second-order valence-electron chi connectivity index (χ2n) is 8.89. The fourth-order valence-electron chi connectivity index (χ4n) is 4.68. The van der Waals surface area contributed by atoms with Crippen LogP contribution in [0.4, 0.5) is 0 Å². The molecule has 1 aliphatic heterocycles. The molecule has 1 atom stereocenters. The molecule has 34 heavy (non-hydrogen) atoms. The first-order valence-corrected chi connectivity index (χ1v) is 11.9. The van der Waals surface area contributed by atoms with E-state index in [1.807, 2.05) is 55.9 Å². The summed E-state index contributed by atoms with van der Waals surface area (Å²) in [4.78, 5) is 28.0. The molecular formula is C28H32N2O4. The number of aryl methyl sites for hydroxylation is 2. The third kappa shape index (κ3) is 4.09. The predicted octanol–water partition coefficient (Wildman–Crippen LogP) is 5.50. The highest BCUT2D eigenvalue weighted by atomic mass is 16.5. The Hall–Kier alpha value is -3.54. The molecule has 4 rings (SSSR count). The van der Waals surface area contributed by atoms with Crippen molar-refractivity contribution >= 4 is 28.4 Å². The molecule has 0 saturated carbocycles. The van der Waals surface area contributed by atoms with Crippen LogP contribution in [0.1, 0.15) is 55.8 Å². The van der Waals surface area contributed by atoms with Crippen molar-refractivity contribution in [1.82, 2.24) is 9.47 Å². The van der Waals surface area contributed by atoms with Gasteiger partial charge < -0.3 is 19.3 Å². The topological polar surface area (TPSA) is 71.8 Å². The summed E-state index contributed by atoms with van der Waals surface area (Å²) in [7, 11) is 1.95. The third-order valence-electron chi connectivity index (χ3n) is 6.42. The highest BCUT2D eigenvalue weighted by Crippen LogP contribution is 2.42. The summed E-state index contributed by atoms with van der Waals surface area (Å²) < 4.78 is 7.75. The first-order valence-electron chi connectivity index (χ1n) is 11.9. The monoisotopic (exact) mass is 460 g/mol. The number of ether oxygens (including phenoxy) is 1. The molecule has 2 heterocycles. The van der Waals surface area contributed by atoms with Gasteiger partial charge in [-0.05, 0) is 49.6 Å². The van der Waals surface area contributed by atoms with Gasteiger partial charge in [0.05, 0.1) is 18.2 Å². The van der Waals surface area contributed by atoms with E-state index in [4.69, 9.17) is 4.74 Å². The molecule has 6 heteroatoms. The van der Waals surface area contributed by atoms with Crippen molar-refractivity contribution in [2.45, 2.75) is 46.1 Å². The molecule has 1 fully saturated rings. The Bertz CT molecular complexity index is 1270. The zero-order chi connectivity index (χ0) is 24.4. The van der Waals surface area contributed by atoms with Gasteiger partial charge in [-0.3, -0.25) is 9.59 Å². The molecular weight excluding hydrogens is 428 g/mol. The van der Waals surface area contributed by atoms with E-state index in [9.17, 15) is 14.7 Å². The smallest absolute Gasteiger partial charge is 0.295 e. The minimum Gasteiger partial charge on any atom is -0.507 e. The standard InChI is InChI=1S/C28H32N2O4/c1-5-7-14-30-25(21-17-29(4)22-11-9-8-10-20(21)22)24(27(32)28(30)33)26(31)19-12-13-23(18(3)16-19)34-15-6-2/h8-13,16-17,25,31H,5-7,14-15H2,1-4H3/b26-24+. The van der Waals surface area contributed by atoms with E-state index in [1.54, 1.807) is 23.1 Å². The lowest BCUT2D eigenvalue weighted by Gasteiger charge is -2.24. The minimum atomic E-state index is -0.644. The quantitative estimate of drug-likeness (QED) is 0.274. The minimum absolute atomic E-state index is 0.138. The van der Waals surface area contributed by atoms with Crippen molar-refractivity contribution in [3.63, 3.8) is 0 Å². The Balaban J connectivity index is 1.88. The number of ketones is 1. The third-order valence-corrected chi connectivity index (χ3v) is 6.42. The van der Waals surface area contributed by atoms with Crippen molar-refractivity contribution in [2.24, 2.45) is 7.05 Å². The molecule has 178 valence electrons. The number of aliphatic hydroxyl groups excluding tert-OH is 1. The Morgan fingerprint density at radius 1 is 1.09 bits per heavy atom. The van der Waals surface area contributed by atoms with E-state index in [0.29, 0.717) is 18.7 Å². The fourth-order valence-corrected chi connectivity index (χ4v) is 4.68. The maximum atomic E-state index is 13.3. The number of carbonyl (C=O) groups excluding carboxylic acids is 2. The molecule has 0 radical (unpaired) electrons. The molecule has 2 aromatic carbocycles. The van der Waals surface area contributed by atoms with Gasteiger partial charge in [0.25, 0.3) is 11.7 Å². The van der Waals surface area contributed by atoms with Crippen molar-refractivity contribution < 1.29 is 19.4 Å². The van der Waals surface area contributed by atoms with Crippen molar-refractivity contribution in [3.8, 4) is 5.75 Å². The molecule has 1 amide bonds. The Kier molecular flexibility index (Phi) is 6.77. The van der Waals surface area contributed by atoms with Crippen LogP contribution in [0.2, 0.25) is 0 Å². The SMILES string of the molecule is CCCCN1C(=O)C(=O)/C(=C(/O)c2ccc(OCCC)c(C)c2)C1c1cn(C)c2ccccc12. The molecule has 0 spiro atoms. The van der Waals surface area contributed by atoms with E-state index in [0.717, 1.165) is 47.0 Å². The van der Waals surface area contributed by atoms with Crippen LogP contribution in [0.25, 0.3) is 16.7 Å². The number of rotatable bonds is 8. The molecule has 1 aliphatic rings. The van der Waals surface area contributed by atoms with Gasteiger partial charge >= 0.3 is 0 Å². The molecule has 1 aromatic heterocycles. The van der Waals surface area contributed by atoms with Crippen LogP contribution < -0.4 is 4.74 Å². The number of hydrogen-bond acceptors (Lipinski definition) is 4. The predicted molar refractivity (Wildman–Crippen MR) is 134 cm³/mol. The molecule has 1 N–H and O–H groups in total. The lowest BCUT2D eigenvalue weighted by molar-refractivity contribution is -0.139. The summed E-state index contributed by atoms with van der Waals surface area (Å²) in [6.45, 7) is 7.06. The number of fused-ring (bicyclic) bond motifs is 1. The van der Waals surface area contributed by atoms with Gasteiger partial charge in [0.2, 0.25) is 0 Å². The summed E-state index contributed by atoms with van der Waals surface area (Å²) in [5, 5.41) is 12.3. The van der Waals surface area contributed by atoms with Crippen molar-refractivity contribution in [2.75, 3.05) is 13.2 Å². The maximum absolute atomic E-state index is 13.3. The Morgan fingerprint density at radius 2 is 1.85 bits per heavy atom. The average Bonchev–Trinajstić information content (AvgIpc) is 3.30. The van der Waals surface area contributed by atoms with E-state index < -0.39 is 17.7 Å². The summed E-state index contributed by atoms with van der Waals surface area (Å²) in [6.07, 6.45) is 4.52. The van der Waals surface area contributed by atoms with E-state index in [1.165, 1.54) is 0 Å². The average molecular weight is 461 g/mol. The largest absolute Gasteiger partial charge is 0.507 e. The van der Waals surface area contributed by atoms with E-state index >= 15 is 0 Å². The Labute approximate surface area is 200 Å². The zero-order valence-electron chi connectivity index (χ0n) is 20.3. The highest BCUT2D eigenvalue weighted by Gasteiger charge is 2.46. The van der Waals surface area contributed by atoms with Crippen LogP contribution in [-0.4, -0.2) is 39.4 Å². The number of carbonyl (C=O) groups is 2. The number of nitrogens with zero attached hydrogens (tertiary/aromatic N) is 2. The number of para-hydroxylation sites is 1. The molecule has 6 nitrogen and oxygen atoms in total. The molecule has 1 unspecified atom stereocenters. The molecule has 0 bridgehead atoms. The molecule has 3 aromatic rings. The summed E-state index contributed by atoms with van der Waals surface area (Å²) in [6, 6.07) is 12.6. The summed E-state index contributed by atoms with van der Waals surface area (Å²) in [5.74, 6) is -0.615. The second-order valence-corrected chi connectivity index (χ2v) is 8.89. The highest BCUT2D eigenvalue weighted by molar-refractivity contribution is 6.46. The summed E-state index contributed by atoms with van der Waals surface area (Å²) in [5.41, 5.74) is 3.35. The number of benzene rings is 2. The number of likely N-dealkylation sites (tertiary alicyclic amines) is 1. The van der Waals surface area contributed by atoms with Crippen LogP contribution in [0.3, 0.4) is 0 Å². The van der Waals surface area contributed by atoms with Gasteiger partial charge in [-0.1, -0.05) is 38.5 Å². The second kappa shape index (κ2) is 9.75. The van der Waals surface area contributed by atoms with Gasteiger partial charge in [0.15, 0.2) is 0 Å². The number of unbranched alkanes of at least 4 members (excludes halogenated alkanes) is 1. The van der Waals surface area contributed by atoms with Crippen molar-refractivity contribution in [3.05, 3.63) is 70.9 Å². The first-order chi connectivity index (χ1) is 16.4. The summed E-state index contributed by atoms with van der Waals surface area (Å²) >= 11 is 0. The number of Topliss-reactive ketones (excluding diaryl/α,β-unsaturated/α-hetero) is 1. The number of aliphatic hydroxyl groups is 1. The lowest BCUT2D eigenvalue weighted by atomic mass is 9.94. The number of aromatic nitrogens is 1. The zero-order valence-corrected chi connectivity index (χ0v) is 20.3. The van der Waals surface area contributed by atoms with E-state index in [-0.39, 0.29) is 11.3 Å². The van der Waals surface area contributed by atoms with Gasteiger partial charge in [0.1, 0.15) is 11.5 Å². The normalized spacial score (nSPS) is 17.6. The van der Waals surface area contributed by atoms with Crippen molar-refractivity contribution in [1.29, 1.82) is 0 Å². The van der Waals surface area contributed by atoms with Gasteiger partial charge in [-0.25, -0.2) is 0 Å². The van der Waals surface area contributed by atoms with Crippen LogP contribution in [0.15, 0.2) is 54.2 Å². The van der Waals surface area contributed by atoms with Crippen LogP contribution in [-0.2, 0) is 16.6 Å². The Morgan fingerprint density at radius 3 is 2.56 bits per heavy atom. The first kappa shape index (κ1) is 23.6. The number of amides is 1. The molecule has 1 saturated heterocycles. The van der Waals surface area contributed by atoms with Crippen LogP contribution >= 0.6 is 0 Å². The van der Waals surface area contributed by atoms with E-state index in [2.05, 4.69) is 6.92 Å².